The first-order chi connectivity index (χ1) is 9.61. The van der Waals surface area contributed by atoms with Crippen LogP contribution in [-0.4, -0.2) is 21.6 Å². The van der Waals surface area contributed by atoms with Crippen LogP contribution in [0.5, 0.6) is 0 Å². The Morgan fingerprint density at radius 2 is 2.00 bits per heavy atom. The lowest BCUT2D eigenvalue weighted by atomic mass is 10.1. The molecule has 110 valence electrons. The molecule has 3 nitrogen and oxygen atoms in total. The SMILES string of the molecule is CCCCC(Cc1nc2ccccc2n1C)NC(C)C. The highest BCUT2D eigenvalue weighted by atomic mass is 15.1. The van der Waals surface area contributed by atoms with Crippen molar-refractivity contribution in [1.82, 2.24) is 14.9 Å². The Bertz CT molecular complexity index is 542. The average molecular weight is 273 g/mol. The van der Waals surface area contributed by atoms with Gasteiger partial charge in [0.2, 0.25) is 0 Å². The van der Waals surface area contributed by atoms with Crippen LogP contribution in [0.3, 0.4) is 0 Å². The molecule has 0 amide bonds. The molecule has 1 unspecified atom stereocenters. The van der Waals surface area contributed by atoms with E-state index < -0.39 is 0 Å². The largest absolute Gasteiger partial charge is 0.331 e. The smallest absolute Gasteiger partial charge is 0.111 e. The molecule has 0 aliphatic heterocycles. The van der Waals surface area contributed by atoms with Crippen LogP contribution in [0.1, 0.15) is 45.9 Å². The predicted molar refractivity (Wildman–Crippen MR) is 86.0 cm³/mol. The topological polar surface area (TPSA) is 29.9 Å². The van der Waals surface area contributed by atoms with E-state index in [1.54, 1.807) is 0 Å². The second-order valence-corrected chi connectivity index (χ2v) is 5.94. The summed E-state index contributed by atoms with van der Waals surface area (Å²) in [4.78, 5) is 4.79. The Morgan fingerprint density at radius 1 is 1.25 bits per heavy atom. The fourth-order valence-electron chi connectivity index (χ4n) is 2.76. The number of aryl methyl sites for hydroxylation is 1. The Labute approximate surface area is 122 Å². The van der Waals surface area contributed by atoms with Gasteiger partial charge in [-0.2, -0.15) is 0 Å². The number of benzene rings is 1. The average Bonchev–Trinajstić information content (AvgIpc) is 2.73. The summed E-state index contributed by atoms with van der Waals surface area (Å²) in [6.45, 7) is 6.68. The number of nitrogens with zero attached hydrogens (tertiary/aromatic N) is 2. The van der Waals surface area contributed by atoms with Gasteiger partial charge in [-0.15, -0.1) is 0 Å². The van der Waals surface area contributed by atoms with Gasteiger partial charge >= 0.3 is 0 Å². The minimum Gasteiger partial charge on any atom is -0.331 e. The second kappa shape index (κ2) is 6.89. The van der Waals surface area contributed by atoms with E-state index in [4.69, 9.17) is 4.98 Å². The van der Waals surface area contributed by atoms with Crippen LogP contribution in [0.2, 0.25) is 0 Å². The van der Waals surface area contributed by atoms with Gasteiger partial charge in [-0.25, -0.2) is 4.98 Å². The minimum absolute atomic E-state index is 0.519. The Kier molecular flexibility index (Phi) is 5.18. The van der Waals surface area contributed by atoms with E-state index in [0.29, 0.717) is 12.1 Å². The molecular formula is C17H27N3. The van der Waals surface area contributed by atoms with E-state index in [9.17, 15) is 0 Å². The molecule has 1 aromatic heterocycles. The fourth-order valence-corrected chi connectivity index (χ4v) is 2.76. The van der Waals surface area contributed by atoms with Crippen molar-refractivity contribution in [2.24, 2.45) is 7.05 Å². The molecule has 2 aromatic rings. The number of imidazole rings is 1. The maximum absolute atomic E-state index is 4.79. The zero-order valence-corrected chi connectivity index (χ0v) is 13.2. The van der Waals surface area contributed by atoms with Gasteiger partial charge in [0.05, 0.1) is 11.0 Å². The predicted octanol–water partition coefficient (Wildman–Crippen LogP) is 3.67. The molecule has 1 aromatic carbocycles. The maximum Gasteiger partial charge on any atom is 0.111 e. The van der Waals surface area contributed by atoms with Crippen LogP contribution in [0.4, 0.5) is 0 Å². The van der Waals surface area contributed by atoms with Crippen molar-refractivity contribution >= 4 is 11.0 Å². The molecule has 1 atom stereocenters. The van der Waals surface area contributed by atoms with Crippen LogP contribution < -0.4 is 5.32 Å². The highest BCUT2D eigenvalue weighted by Crippen LogP contribution is 2.16. The van der Waals surface area contributed by atoms with Gasteiger partial charge in [-0.1, -0.05) is 45.7 Å². The molecule has 2 rings (SSSR count). The van der Waals surface area contributed by atoms with E-state index >= 15 is 0 Å². The van der Waals surface area contributed by atoms with Crippen LogP contribution in [-0.2, 0) is 13.5 Å². The molecule has 0 radical (unpaired) electrons. The van der Waals surface area contributed by atoms with E-state index in [0.717, 1.165) is 11.9 Å². The van der Waals surface area contributed by atoms with E-state index in [2.05, 4.69) is 62.0 Å². The van der Waals surface area contributed by atoms with Crippen LogP contribution in [0.15, 0.2) is 24.3 Å². The van der Waals surface area contributed by atoms with Crippen LogP contribution >= 0.6 is 0 Å². The van der Waals surface area contributed by atoms with Gasteiger partial charge in [0.1, 0.15) is 5.82 Å². The maximum atomic E-state index is 4.79. The molecule has 0 saturated carbocycles. The van der Waals surface area contributed by atoms with Crippen molar-refractivity contribution < 1.29 is 0 Å². The van der Waals surface area contributed by atoms with Gasteiger partial charge in [0.25, 0.3) is 0 Å². The standard InChI is InChI=1S/C17H27N3/c1-5-6-9-14(18-13(2)3)12-17-19-15-10-7-8-11-16(15)20(17)4/h7-8,10-11,13-14,18H,5-6,9,12H2,1-4H3. The van der Waals surface area contributed by atoms with Crippen LogP contribution in [0.25, 0.3) is 11.0 Å². The molecule has 1 N–H and O–H groups in total. The summed E-state index contributed by atoms with van der Waals surface area (Å²) in [5.74, 6) is 1.18. The number of fused-ring (bicyclic) bond motifs is 1. The van der Waals surface area contributed by atoms with E-state index in [1.165, 1.54) is 30.6 Å². The highest BCUT2D eigenvalue weighted by molar-refractivity contribution is 5.75. The molecule has 0 spiro atoms. The van der Waals surface area contributed by atoms with E-state index in [1.807, 2.05) is 0 Å². The second-order valence-electron chi connectivity index (χ2n) is 5.94. The molecule has 0 aliphatic rings. The van der Waals surface area contributed by atoms with Crippen molar-refractivity contribution in [3.05, 3.63) is 30.1 Å². The van der Waals surface area contributed by atoms with Gasteiger partial charge in [-0.05, 0) is 18.6 Å². The molecule has 0 saturated heterocycles. The third-order valence-electron chi connectivity index (χ3n) is 3.78. The third-order valence-corrected chi connectivity index (χ3v) is 3.78. The molecule has 0 fully saturated rings. The molecule has 1 heterocycles. The van der Waals surface area contributed by atoms with Crippen LogP contribution in [0, 0.1) is 0 Å². The van der Waals surface area contributed by atoms with Gasteiger partial charge in [-0.3, -0.25) is 0 Å². The molecule has 0 aliphatic carbocycles. The normalized spacial score (nSPS) is 13.2. The molecular weight excluding hydrogens is 246 g/mol. The third kappa shape index (κ3) is 3.60. The minimum atomic E-state index is 0.519. The summed E-state index contributed by atoms with van der Waals surface area (Å²) < 4.78 is 2.23. The first kappa shape index (κ1) is 15.0. The summed E-state index contributed by atoms with van der Waals surface area (Å²) in [5.41, 5.74) is 2.32. The summed E-state index contributed by atoms with van der Waals surface area (Å²) in [6.07, 6.45) is 4.74. The van der Waals surface area contributed by atoms with E-state index in [-0.39, 0.29) is 0 Å². The van der Waals surface area contributed by atoms with Crippen molar-refractivity contribution in [3.8, 4) is 0 Å². The quantitative estimate of drug-likeness (QED) is 0.834. The van der Waals surface area contributed by atoms with Crippen molar-refractivity contribution in [2.75, 3.05) is 0 Å². The fraction of sp³-hybridized carbons (Fsp3) is 0.588. The highest BCUT2D eigenvalue weighted by Gasteiger charge is 2.15. The first-order valence-electron chi connectivity index (χ1n) is 7.78. The van der Waals surface area contributed by atoms with Crippen molar-refractivity contribution in [1.29, 1.82) is 0 Å². The number of unbranched alkanes of at least 4 members (excludes halogenated alkanes) is 1. The summed E-state index contributed by atoms with van der Waals surface area (Å²) in [7, 11) is 2.12. The number of rotatable bonds is 7. The van der Waals surface area contributed by atoms with Gasteiger partial charge in [0.15, 0.2) is 0 Å². The molecule has 0 bridgehead atoms. The lowest BCUT2D eigenvalue weighted by Crippen LogP contribution is -2.37. The number of aromatic nitrogens is 2. The summed E-state index contributed by atoms with van der Waals surface area (Å²) in [5, 5.41) is 3.68. The lowest BCUT2D eigenvalue weighted by molar-refractivity contribution is 0.416. The monoisotopic (exact) mass is 273 g/mol. The number of nitrogens with one attached hydrogen (secondary N) is 1. The zero-order valence-electron chi connectivity index (χ0n) is 13.2. The Hall–Kier alpha value is -1.35. The number of hydrogen-bond donors (Lipinski definition) is 1. The number of para-hydroxylation sites is 2. The zero-order chi connectivity index (χ0) is 14.5. The summed E-state index contributed by atoms with van der Waals surface area (Å²) in [6, 6.07) is 9.41. The van der Waals surface area contributed by atoms with Crippen molar-refractivity contribution in [2.45, 2.75) is 58.5 Å². The molecule has 20 heavy (non-hydrogen) atoms. The summed E-state index contributed by atoms with van der Waals surface area (Å²) >= 11 is 0. The Balaban J connectivity index is 2.16. The van der Waals surface area contributed by atoms with Crippen molar-refractivity contribution in [3.63, 3.8) is 0 Å². The molecule has 3 heteroatoms. The van der Waals surface area contributed by atoms with Gasteiger partial charge in [0, 0.05) is 25.6 Å². The number of hydrogen-bond acceptors (Lipinski definition) is 2. The lowest BCUT2D eigenvalue weighted by Gasteiger charge is -2.21. The first-order valence-corrected chi connectivity index (χ1v) is 7.78. The van der Waals surface area contributed by atoms with Gasteiger partial charge < -0.3 is 9.88 Å². The Morgan fingerprint density at radius 3 is 2.65 bits per heavy atom.